The molecule has 0 aliphatic carbocycles. The van der Waals surface area contributed by atoms with E-state index in [1.54, 1.807) is 18.2 Å². The number of hydrogen-bond donors (Lipinski definition) is 0. The molecule has 73 heavy (non-hydrogen) atoms. The Morgan fingerprint density at radius 1 is 0.356 bits per heavy atom. The SMILES string of the molecule is Cc1cc2cc(n1)c1cc3c(cc1-c1cccc(C#N)c1)c1cc(-c4cccc(C#N)c4)ccc1n3c1cc(C#N)cc(-n3c4ccc(-c5cccc(C#N)c5)cc4c4cc(-c5cccc(C#N)c5)ccc43)c21. The predicted molar refractivity (Wildman–Crippen MR) is 290 cm³/mol. The molecule has 13 aromatic rings. The highest BCUT2D eigenvalue weighted by Crippen LogP contribution is 2.44. The Hall–Kier alpha value is -10.8. The first-order valence-electron chi connectivity index (χ1n) is 23.6. The fourth-order valence-corrected chi connectivity index (χ4v) is 10.9. The Kier molecular flexibility index (Phi) is 9.51. The van der Waals surface area contributed by atoms with E-state index in [1.165, 1.54) is 0 Å². The van der Waals surface area contributed by atoms with Gasteiger partial charge in [0.1, 0.15) is 0 Å². The van der Waals surface area contributed by atoms with Crippen molar-refractivity contribution < 1.29 is 0 Å². The summed E-state index contributed by atoms with van der Waals surface area (Å²) in [6.45, 7) is 2.01. The summed E-state index contributed by atoms with van der Waals surface area (Å²) in [6.07, 6.45) is 0. The van der Waals surface area contributed by atoms with Gasteiger partial charge in [0.2, 0.25) is 0 Å². The third-order valence-electron chi connectivity index (χ3n) is 14.2. The molecule has 0 aliphatic heterocycles. The van der Waals surface area contributed by atoms with Crippen molar-refractivity contribution in [1.29, 1.82) is 26.3 Å². The summed E-state index contributed by atoms with van der Waals surface area (Å²) in [7, 11) is 0. The molecular weight excluding hydrogens is 893 g/mol. The van der Waals surface area contributed by atoms with E-state index in [1.807, 2.05) is 97.9 Å². The number of nitriles is 5. The summed E-state index contributed by atoms with van der Waals surface area (Å²) in [6, 6.07) is 74.1. The highest BCUT2D eigenvalue weighted by atomic mass is 15.0. The van der Waals surface area contributed by atoms with Crippen molar-refractivity contribution in [2.75, 3.05) is 0 Å². The van der Waals surface area contributed by atoms with Crippen molar-refractivity contribution in [2.45, 2.75) is 6.92 Å². The molecule has 0 fully saturated rings. The smallest absolute Gasteiger partial charge is 0.0993 e. The topological polar surface area (TPSA) is 141 Å². The van der Waals surface area contributed by atoms with Gasteiger partial charge in [0, 0.05) is 38.0 Å². The number of nitrogens with zero attached hydrogens (tertiary/aromatic N) is 8. The number of fused-ring (bicyclic) bond motifs is 13. The third kappa shape index (κ3) is 6.75. The zero-order valence-corrected chi connectivity index (χ0v) is 39.0. The summed E-state index contributed by atoms with van der Waals surface area (Å²) < 4.78 is 4.54. The number of hydrogen-bond acceptors (Lipinski definition) is 6. The Labute approximate surface area is 418 Å². The van der Waals surface area contributed by atoms with Crippen LogP contribution in [0.5, 0.6) is 0 Å². The van der Waals surface area contributed by atoms with Gasteiger partial charge in [0.25, 0.3) is 0 Å². The lowest BCUT2D eigenvalue weighted by atomic mass is 9.96. The average molecular weight is 927 g/mol. The van der Waals surface area contributed by atoms with Crippen LogP contribution in [0, 0.1) is 63.6 Å². The van der Waals surface area contributed by atoms with Gasteiger partial charge in [-0.3, -0.25) is 4.98 Å². The molecule has 334 valence electrons. The summed E-state index contributed by atoms with van der Waals surface area (Å²) in [5, 5.41) is 57.3. The van der Waals surface area contributed by atoms with E-state index in [0.29, 0.717) is 27.8 Å². The molecule has 0 atom stereocenters. The number of benzene rings is 9. The quantitative estimate of drug-likeness (QED) is 0.168. The van der Waals surface area contributed by atoms with Crippen LogP contribution in [0.15, 0.2) is 188 Å². The van der Waals surface area contributed by atoms with Gasteiger partial charge in [0.15, 0.2) is 0 Å². The Bertz CT molecular complexity index is 4710. The minimum atomic E-state index is 0.467. The normalized spacial score (nSPS) is 11.3. The van der Waals surface area contributed by atoms with Gasteiger partial charge < -0.3 is 8.97 Å². The van der Waals surface area contributed by atoms with Crippen molar-refractivity contribution in [1.82, 2.24) is 14.0 Å². The van der Waals surface area contributed by atoms with E-state index in [2.05, 4.69) is 118 Å². The van der Waals surface area contributed by atoms with Crippen LogP contribution in [0.2, 0.25) is 0 Å². The molecule has 8 heteroatoms. The molecule has 0 N–H and O–H groups in total. The van der Waals surface area contributed by atoms with Gasteiger partial charge in [0.05, 0.1) is 97.0 Å². The Balaban J connectivity index is 1.21. The first-order chi connectivity index (χ1) is 35.8. The van der Waals surface area contributed by atoms with Gasteiger partial charge in [-0.05, 0) is 178 Å². The molecule has 0 radical (unpaired) electrons. The molecule has 13 rings (SSSR count). The van der Waals surface area contributed by atoms with E-state index < -0.39 is 0 Å². The van der Waals surface area contributed by atoms with Gasteiger partial charge in [-0.2, -0.15) is 26.3 Å². The summed E-state index contributed by atoms with van der Waals surface area (Å²) in [5.74, 6) is 0. The van der Waals surface area contributed by atoms with E-state index in [9.17, 15) is 26.3 Å². The summed E-state index contributed by atoms with van der Waals surface area (Å²) in [4.78, 5) is 5.24. The lowest BCUT2D eigenvalue weighted by Crippen LogP contribution is -1.99. The summed E-state index contributed by atoms with van der Waals surface area (Å²) >= 11 is 0. The molecule has 4 bridgehead atoms. The van der Waals surface area contributed by atoms with Crippen molar-refractivity contribution in [3.05, 3.63) is 222 Å². The highest BCUT2D eigenvalue weighted by molar-refractivity contribution is 6.19. The molecule has 9 aromatic carbocycles. The Morgan fingerprint density at radius 2 is 0.808 bits per heavy atom. The molecule has 0 amide bonds. The minimum Gasteiger partial charge on any atom is -0.308 e. The standard InChI is InChI=1S/C65H34N8/c1-38-20-51-30-58(71-38)53-32-62-57(31-52(53)50-13-5-9-42(24-50)36-69)56-29-49(46-12-4-8-41(23-46)35-68)16-19-61(56)73(62)64-26-43(37-70)25-63(65(51)64)72-59-17-14-47(44-10-2-6-39(21-44)33-66)27-54(59)55-28-48(15-18-60(55)72)45-11-3-7-40(22-45)34-67/h2-32H,1H3. The van der Waals surface area contributed by atoms with Gasteiger partial charge in [-0.1, -0.05) is 66.7 Å². The van der Waals surface area contributed by atoms with Crippen LogP contribution in [0.25, 0.3) is 121 Å². The lowest BCUT2D eigenvalue weighted by Gasteiger charge is -2.15. The van der Waals surface area contributed by atoms with E-state index >= 15 is 0 Å². The number of aromatic nitrogens is 3. The molecule has 8 nitrogen and oxygen atoms in total. The predicted octanol–water partition coefficient (Wildman–Crippen LogP) is 15.4. The second-order valence-electron chi connectivity index (χ2n) is 18.4. The van der Waals surface area contributed by atoms with Gasteiger partial charge in [-0.15, -0.1) is 0 Å². The number of aryl methyl sites for hydroxylation is 1. The minimum absolute atomic E-state index is 0.467. The fourth-order valence-electron chi connectivity index (χ4n) is 10.9. The number of pyridine rings is 1. The van der Waals surface area contributed by atoms with Crippen molar-refractivity contribution in [3.8, 4) is 80.5 Å². The van der Waals surface area contributed by atoms with Crippen molar-refractivity contribution >= 4 is 70.8 Å². The fraction of sp³-hybridized carbons (Fsp3) is 0.0154. The molecule has 0 saturated heterocycles. The molecule has 0 unspecified atom stereocenters. The molecule has 0 spiro atoms. The van der Waals surface area contributed by atoms with Crippen LogP contribution in [0.1, 0.15) is 33.5 Å². The number of rotatable bonds is 5. The second kappa shape index (κ2) is 16.4. The van der Waals surface area contributed by atoms with Gasteiger partial charge in [-0.25, -0.2) is 0 Å². The first kappa shape index (κ1) is 42.3. The van der Waals surface area contributed by atoms with Crippen molar-refractivity contribution in [2.24, 2.45) is 0 Å². The Morgan fingerprint density at radius 3 is 1.33 bits per heavy atom. The van der Waals surface area contributed by atoms with Crippen LogP contribution in [0.3, 0.4) is 0 Å². The highest BCUT2D eigenvalue weighted by Gasteiger charge is 2.22. The molecule has 4 heterocycles. The monoisotopic (exact) mass is 926 g/mol. The second-order valence-corrected chi connectivity index (χ2v) is 18.4. The van der Waals surface area contributed by atoms with E-state index in [0.717, 1.165) is 127 Å². The van der Waals surface area contributed by atoms with Crippen LogP contribution < -0.4 is 0 Å². The first-order valence-corrected chi connectivity index (χ1v) is 23.6. The summed E-state index contributed by atoms with van der Waals surface area (Å²) in [5.41, 5.74) is 16.9. The van der Waals surface area contributed by atoms with E-state index in [-0.39, 0.29) is 0 Å². The molecule has 0 saturated carbocycles. The third-order valence-corrected chi connectivity index (χ3v) is 14.2. The molecule has 0 aliphatic rings. The molecule has 4 aromatic heterocycles. The zero-order chi connectivity index (χ0) is 49.5. The largest absolute Gasteiger partial charge is 0.308 e. The van der Waals surface area contributed by atoms with Crippen LogP contribution in [-0.2, 0) is 0 Å². The van der Waals surface area contributed by atoms with Crippen LogP contribution >= 0.6 is 0 Å². The average Bonchev–Trinajstić information content (AvgIpc) is 3.96. The zero-order valence-electron chi connectivity index (χ0n) is 39.0. The maximum Gasteiger partial charge on any atom is 0.0993 e. The maximum atomic E-state index is 11.1. The maximum absolute atomic E-state index is 11.1. The van der Waals surface area contributed by atoms with Gasteiger partial charge >= 0.3 is 0 Å². The van der Waals surface area contributed by atoms with Crippen LogP contribution in [0.4, 0.5) is 0 Å². The van der Waals surface area contributed by atoms with Crippen LogP contribution in [-0.4, -0.2) is 14.0 Å². The van der Waals surface area contributed by atoms with Crippen molar-refractivity contribution in [3.63, 3.8) is 0 Å². The molecular formula is C65H34N8. The lowest BCUT2D eigenvalue weighted by molar-refractivity contribution is 1.19. The van der Waals surface area contributed by atoms with E-state index in [4.69, 9.17) is 4.98 Å².